The van der Waals surface area contributed by atoms with Gasteiger partial charge < -0.3 is 10.6 Å². The Kier molecular flexibility index (Phi) is 5.30. The molecule has 0 aromatic rings. The summed E-state index contributed by atoms with van der Waals surface area (Å²) in [6.45, 7) is 4.88. The van der Waals surface area contributed by atoms with Gasteiger partial charge in [-0.3, -0.25) is 0 Å². The minimum absolute atomic E-state index is 0.457. The quantitative estimate of drug-likeness (QED) is 0.719. The summed E-state index contributed by atoms with van der Waals surface area (Å²) in [4.78, 5) is 0. The fourth-order valence-corrected chi connectivity index (χ4v) is 3.42. The van der Waals surface area contributed by atoms with Crippen LogP contribution in [0.1, 0.15) is 71.1 Å². The third kappa shape index (κ3) is 4.59. The van der Waals surface area contributed by atoms with E-state index in [4.69, 9.17) is 0 Å². The van der Waals surface area contributed by atoms with Crippen molar-refractivity contribution in [2.45, 2.75) is 82.7 Å². The first-order valence-corrected chi connectivity index (χ1v) is 7.77. The van der Waals surface area contributed by atoms with Gasteiger partial charge in [-0.25, -0.2) is 0 Å². The van der Waals surface area contributed by atoms with Gasteiger partial charge in [-0.15, -0.1) is 0 Å². The second-order valence-corrected chi connectivity index (χ2v) is 6.34. The molecule has 0 amide bonds. The van der Waals surface area contributed by atoms with E-state index in [1.165, 1.54) is 77.3 Å². The Labute approximate surface area is 107 Å². The summed E-state index contributed by atoms with van der Waals surface area (Å²) in [6.07, 6.45) is 14.0. The maximum Gasteiger partial charge on any atom is 0.0153 e. The highest BCUT2D eigenvalue weighted by Gasteiger charge is 2.25. The van der Waals surface area contributed by atoms with Gasteiger partial charge in [0, 0.05) is 11.6 Å². The van der Waals surface area contributed by atoms with Crippen LogP contribution >= 0.6 is 0 Å². The topological polar surface area (TPSA) is 24.1 Å². The standard InChI is InChI=1S/C15H30N2/c1-15(10-4-2-5-11-15)17-13-7-9-14-8-3-6-12-16-14/h14,16-17H,2-13H2,1H3. The normalized spacial score (nSPS) is 29.1. The Morgan fingerprint density at radius 1 is 1.12 bits per heavy atom. The van der Waals surface area contributed by atoms with Gasteiger partial charge in [-0.2, -0.15) is 0 Å². The van der Waals surface area contributed by atoms with Crippen LogP contribution in [0.15, 0.2) is 0 Å². The molecule has 2 nitrogen and oxygen atoms in total. The summed E-state index contributed by atoms with van der Waals surface area (Å²) >= 11 is 0. The van der Waals surface area contributed by atoms with Gasteiger partial charge in [0.1, 0.15) is 0 Å². The highest BCUT2D eigenvalue weighted by atomic mass is 15.0. The molecule has 1 saturated heterocycles. The lowest BCUT2D eigenvalue weighted by Gasteiger charge is -2.35. The highest BCUT2D eigenvalue weighted by molar-refractivity contribution is 4.86. The Morgan fingerprint density at radius 2 is 1.94 bits per heavy atom. The Balaban J connectivity index is 1.55. The van der Waals surface area contributed by atoms with Crippen LogP contribution in [-0.4, -0.2) is 24.7 Å². The first-order valence-electron chi connectivity index (χ1n) is 7.77. The zero-order valence-electron chi connectivity index (χ0n) is 11.6. The maximum absolute atomic E-state index is 3.81. The Morgan fingerprint density at radius 3 is 2.65 bits per heavy atom. The Hall–Kier alpha value is -0.0800. The molecule has 1 heterocycles. The molecule has 0 aromatic heterocycles. The van der Waals surface area contributed by atoms with Gasteiger partial charge in [0.05, 0.1) is 0 Å². The number of hydrogen-bond donors (Lipinski definition) is 2. The molecule has 1 aliphatic heterocycles. The van der Waals surface area contributed by atoms with Gasteiger partial charge in [0.15, 0.2) is 0 Å². The Bertz CT molecular complexity index is 203. The molecule has 0 aromatic carbocycles. The minimum atomic E-state index is 0.457. The molecule has 2 rings (SSSR count). The second kappa shape index (κ2) is 6.75. The van der Waals surface area contributed by atoms with E-state index >= 15 is 0 Å². The zero-order chi connectivity index (χ0) is 12.0. The van der Waals surface area contributed by atoms with E-state index in [1.54, 1.807) is 0 Å². The molecular weight excluding hydrogens is 208 g/mol. The fraction of sp³-hybridized carbons (Fsp3) is 1.00. The van der Waals surface area contributed by atoms with Crippen molar-refractivity contribution >= 4 is 0 Å². The molecule has 0 radical (unpaired) electrons. The zero-order valence-corrected chi connectivity index (χ0v) is 11.6. The lowest BCUT2D eigenvalue weighted by atomic mass is 9.83. The molecule has 1 unspecified atom stereocenters. The highest BCUT2D eigenvalue weighted by Crippen LogP contribution is 2.27. The van der Waals surface area contributed by atoms with Crippen LogP contribution in [0.2, 0.25) is 0 Å². The number of rotatable bonds is 5. The summed E-state index contributed by atoms with van der Waals surface area (Å²) in [5.74, 6) is 0. The smallest absolute Gasteiger partial charge is 0.0153 e. The number of piperidine rings is 1. The summed E-state index contributed by atoms with van der Waals surface area (Å²) in [7, 11) is 0. The average Bonchev–Trinajstić information content (AvgIpc) is 2.37. The van der Waals surface area contributed by atoms with Crippen molar-refractivity contribution in [3.05, 3.63) is 0 Å². The molecule has 1 atom stereocenters. The molecule has 0 bridgehead atoms. The van der Waals surface area contributed by atoms with Gasteiger partial charge >= 0.3 is 0 Å². The summed E-state index contributed by atoms with van der Waals surface area (Å²) in [6, 6.07) is 0.810. The van der Waals surface area contributed by atoms with E-state index in [9.17, 15) is 0 Å². The lowest BCUT2D eigenvalue weighted by molar-refractivity contribution is 0.250. The third-order valence-corrected chi connectivity index (χ3v) is 4.65. The molecular formula is C15H30N2. The molecule has 2 heteroatoms. The summed E-state index contributed by atoms with van der Waals surface area (Å²) in [5.41, 5.74) is 0.457. The van der Waals surface area contributed by atoms with Crippen molar-refractivity contribution in [3.63, 3.8) is 0 Å². The van der Waals surface area contributed by atoms with Crippen LogP contribution in [0.3, 0.4) is 0 Å². The molecule has 2 aliphatic rings. The van der Waals surface area contributed by atoms with Crippen molar-refractivity contribution in [1.82, 2.24) is 10.6 Å². The van der Waals surface area contributed by atoms with E-state index in [0.29, 0.717) is 5.54 Å². The average molecular weight is 238 g/mol. The molecule has 100 valence electrons. The fourth-order valence-electron chi connectivity index (χ4n) is 3.42. The van der Waals surface area contributed by atoms with Crippen molar-refractivity contribution in [3.8, 4) is 0 Å². The van der Waals surface area contributed by atoms with Crippen molar-refractivity contribution in [2.75, 3.05) is 13.1 Å². The largest absolute Gasteiger partial charge is 0.314 e. The molecule has 2 N–H and O–H groups in total. The van der Waals surface area contributed by atoms with Gasteiger partial charge in [-0.1, -0.05) is 25.7 Å². The van der Waals surface area contributed by atoms with Crippen molar-refractivity contribution in [2.24, 2.45) is 0 Å². The van der Waals surface area contributed by atoms with E-state index in [1.807, 2.05) is 0 Å². The minimum Gasteiger partial charge on any atom is -0.314 e. The predicted molar refractivity (Wildman–Crippen MR) is 74.4 cm³/mol. The number of hydrogen-bond acceptors (Lipinski definition) is 2. The number of nitrogens with one attached hydrogen (secondary N) is 2. The first-order chi connectivity index (χ1) is 8.29. The second-order valence-electron chi connectivity index (χ2n) is 6.34. The van der Waals surface area contributed by atoms with Crippen molar-refractivity contribution < 1.29 is 0 Å². The monoisotopic (exact) mass is 238 g/mol. The molecule has 1 aliphatic carbocycles. The molecule has 1 saturated carbocycles. The van der Waals surface area contributed by atoms with Crippen LogP contribution in [-0.2, 0) is 0 Å². The van der Waals surface area contributed by atoms with Crippen LogP contribution in [0.4, 0.5) is 0 Å². The van der Waals surface area contributed by atoms with Crippen LogP contribution < -0.4 is 10.6 Å². The molecule has 0 spiro atoms. The lowest BCUT2D eigenvalue weighted by Crippen LogP contribution is -2.44. The maximum atomic E-state index is 3.81. The van der Waals surface area contributed by atoms with Gasteiger partial charge in [0.2, 0.25) is 0 Å². The molecule has 2 fully saturated rings. The van der Waals surface area contributed by atoms with Gasteiger partial charge in [0.25, 0.3) is 0 Å². The molecule has 17 heavy (non-hydrogen) atoms. The van der Waals surface area contributed by atoms with E-state index in [0.717, 1.165) is 6.04 Å². The SMILES string of the molecule is CC1(NCCCC2CCCCN2)CCCCC1. The summed E-state index contributed by atoms with van der Waals surface area (Å²) < 4.78 is 0. The predicted octanol–water partition coefficient (Wildman–Crippen LogP) is 3.22. The van der Waals surface area contributed by atoms with E-state index in [2.05, 4.69) is 17.6 Å². The first kappa shape index (κ1) is 13.4. The summed E-state index contributed by atoms with van der Waals surface area (Å²) in [5, 5.41) is 7.45. The van der Waals surface area contributed by atoms with Crippen LogP contribution in [0.5, 0.6) is 0 Å². The third-order valence-electron chi connectivity index (χ3n) is 4.65. The van der Waals surface area contributed by atoms with Gasteiger partial charge in [-0.05, 0) is 58.5 Å². The van der Waals surface area contributed by atoms with Crippen LogP contribution in [0.25, 0.3) is 0 Å². The van der Waals surface area contributed by atoms with E-state index in [-0.39, 0.29) is 0 Å². The van der Waals surface area contributed by atoms with Crippen molar-refractivity contribution in [1.29, 1.82) is 0 Å². The van der Waals surface area contributed by atoms with E-state index < -0.39 is 0 Å². The van der Waals surface area contributed by atoms with Crippen LogP contribution in [0, 0.1) is 0 Å².